The normalized spacial score (nSPS) is 18.4. The number of aromatic amines is 1. The van der Waals surface area contributed by atoms with E-state index in [4.69, 9.17) is 16.3 Å². The van der Waals surface area contributed by atoms with Crippen LogP contribution in [0, 0.1) is 6.92 Å². The van der Waals surface area contributed by atoms with Gasteiger partial charge in [-0.05, 0) is 50.2 Å². The number of alkyl halides is 1. The maximum absolute atomic E-state index is 14.4. The fourth-order valence-corrected chi connectivity index (χ4v) is 4.51. The number of pyridine rings is 1. The molecule has 0 amide bonds. The molecule has 5 rings (SSSR count). The van der Waals surface area contributed by atoms with Gasteiger partial charge in [-0.3, -0.25) is 5.10 Å². The van der Waals surface area contributed by atoms with Crippen LogP contribution in [-0.2, 0) is 0 Å². The van der Waals surface area contributed by atoms with Crippen molar-refractivity contribution in [2.45, 2.75) is 30.6 Å². The Morgan fingerprint density at radius 3 is 2.94 bits per heavy atom. The molecule has 3 aromatic heterocycles. The van der Waals surface area contributed by atoms with Crippen LogP contribution in [0.4, 0.5) is 10.1 Å². The van der Waals surface area contributed by atoms with Crippen molar-refractivity contribution in [3.63, 3.8) is 0 Å². The van der Waals surface area contributed by atoms with Crippen molar-refractivity contribution < 1.29 is 9.13 Å². The first-order chi connectivity index (χ1) is 16.1. The van der Waals surface area contributed by atoms with E-state index < -0.39 is 12.3 Å². The van der Waals surface area contributed by atoms with Gasteiger partial charge in [0, 0.05) is 35.9 Å². The molecule has 0 bridgehead atoms. The third-order valence-corrected chi connectivity index (χ3v) is 6.39. The molecular formula is C22H21ClFN7OS. The van der Waals surface area contributed by atoms with Crippen LogP contribution in [0.2, 0.25) is 5.02 Å². The lowest BCUT2D eigenvalue weighted by Crippen LogP contribution is -2.44. The summed E-state index contributed by atoms with van der Waals surface area (Å²) in [7, 11) is 0. The molecule has 8 nitrogen and oxygen atoms in total. The summed E-state index contributed by atoms with van der Waals surface area (Å²) in [5.41, 5.74) is 2.66. The lowest BCUT2D eigenvalue weighted by molar-refractivity contribution is 0.0707. The summed E-state index contributed by atoms with van der Waals surface area (Å²) in [6.07, 6.45) is 0.591. The van der Waals surface area contributed by atoms with E-state index in [0.717, 1.165) is 16.4 Å². The summed E-state index contributed by atoms with van der Waals surface area (Å²) in [5, 5.41) is 12.2. The number of aromatic nitrogens is 5. The Balaban J connectivity index is 1.43. The van der Waals surface area contributed by atoms with Gasteiger partial charge in [-0.15, -0.1) is 0 Å². The summed E-state index contributed by atoms with van der Waals surface area (Å²) in [6, 6.07) is 11.2. The Hall–Kier alpha value is -2.95. The molecule has 0 radical (unpaired) electrons. The Kier molecular flexibility index (Phi) is 6.30. The van der Waals surface area contributed by atoms with E-state index in [9.17, 15) is 4.39 Å². The summed E-state index contributed by atoms with van der Waals surface area (Å²) in [5.74, 6) is 0.721. The number of fused-ring (bicyclic) bond motifs is 1. The van der Waals surface area contributed by atoms with Crippen molar-refractivity contribution in [1.82, 2.24) is 30.5 Å². The number of H-pyrrole nitrogens is 1. The van der Waals surface area contributed by atoms with Crippen LogP contribution in [0.1, 0.15) is 12.1 Å². The molecule has 1 aliphatic rings. The average Bonchev–Trinajstić information content (AvgIpc) is 3.21. The third-order valence-electron chi connectivity index (χ3n) is 5.30. The lowest BCUT2D eigenvalue weighted by Gasteiger charge is -2.27. The fraction of sp³-hybridized carbons (Fsp3) is 0.273. The van der Waals surface area contributed by atoms with Crippen LogP contribution in [0.3, 0.4) is 0 Å². The predicted octanol–water partition coefficient (Wildman–Crippen LogP) is 4.57. The molecule has 0 saturated carbocycles. The Morgan fingerprint density at radius 2 is 2.15 bits per heavy atom. The standard InChI is InChI=1S/C22H21ClFN7OS/c1-12-19-21(30-29-12)27-20(28-22(19)32-17-7-9-25-11-15(17)24)13-5-6-16(14(23)10-13)31-33-18-4-2-3-8-26-18/h2-6,8,10,15,17,25,31H,7,9,11H2,1H3,(H,27,28,29,30). The first-order valence-corrected chi connectivity index (χ1v) is 11.7. The maximum Gasteiger partial charge on any atom is 0.229 e. The third kappa shape index (κ3) is 4.73. The van der Waals surface area contributed by atoms with E-state index in [1.54, 1.807) is 12.3 Å². The molecule has 2 unspecified atom stereocenters. The number of benzene rings is 1. The quantitative estimate of drug-likeness (QED) is 0.341. The lowest BCUT2D eigenvalue weighted by atomic mass is 10.1. The molecule has 0 aliphatic carbocycles. The van der Waals surface area contributed by atoms with E-state index >= 15 is 0 Å². The van der Waals surface area contributed by atoms with Gasteiger partial charge in [-0.1, -0.05) is 17.7 Å². The second-order valence-electron chi connectivity index (χ2n) is 7.63. The van der Waals surface area contributed by atoms with E-state index in [1.165, 1.54) is 11.9 Å². The molecule has 1 aromatic carbocycles. The molecule has 0 spiro atoms. The minimum absolute atomic E-state index is 0.261. The number of hydrogen-bond acceptors (Lipinski definition) is 8. The van der Waals surface area contributed by atoms with Gasteiger partial charge in [0.05, 0.1) is 10.7 Å². The van der Waals surface area contributed by atoms with Gasteiger partial charge in [0.2, 0.25) is 5.88 Å². The second kappa shape index (κ2) is 9.50. The van der Waals surface area contributed by atoms with Crippen LogP contribution in [-0.4, -0.2) is 50.5 Å². The summed E-state index contributed by atoms with van der Waals surface area (Å²) >= 11 is 7.89. The van der Waals surface area contributed by atoms with Gasteiger partial charge < -0.3 is 14.8 Å². The highest BCUT2D eigenvalue weighted by Crippen LogP contribution is 2.33. The topological polar surface area (TPSA) is 101 Å². The van der Waals surface area contributed by atoms with Crippen molar-refractivity contribution in [3.8, 4) is 17.3 Å². The number of rotatable bonds is 6. The average molecular weight is 486 g/mol. The Labute approximate surface area is 198 Å². The first-order valence-electron chi connectivity index (χ1n) is 10.5. The number of anilines is 1. The second-order valence-corrected chi connectivity index (χ2v) is 8.87. The van der Waals surface area contributed by atoms with Crippen LogP contribution < -0.4 is 14.8 Å². The van der Waals surface area contributed by atoms with Crippen LogP contribution in [0.25, 0.3) is 22.4 Å². The number of nitrogens with zero attached hydrogens (tertiary/aromatic N) is 4. The van der Waals surface area contributed by atoms with Crippen molar-refractivity contribution in [1.29, 1.82) is 0 Å². The maximum atomic E-state index is 14.4. The molecular weight excluding hydrogens is 465 g/mol. The van der Waals surface area contributed by atoms with Gasteiger partial charge in [-0.25, -0.2) is 14.4 Å². The smallest absolute Gasteiger partial charge is 0.229 e. The molecule has 4 heterocycles. The highest BCUT2D eigenvalue weighted by Gasteiger charge is 2.28. The monoisotopic (exact) mass is 485 g/mol. The highest BCUT2D eigenvalue weighted by atomic mass is 35.5. The van der Waals surface area contributed by atoms with Crippen molar-refractivity contribution in [2.75, 3.05) is 17.8 Å². The SMILES string of the molecule is Cc1[nH]nc2nc(-c3ccc(NSc4ccccn4)c(Cl)c3)nc(OC3CCNCC3F)c12. The van der Waals surface area contributed by atoms with Gasteiger partial charge in [0.1, 0.15) is 22.7 Å². The molecule has 1 saturated heterocycles. The molecule has 1 fully saturated rings. The van der Waals surface area contributed by atoms with Crippen molar-refractivity contribution in [2.24, 2.45) is 0 Å². The molecule has 1 aliphatic heterocycles. The van der Waals surface area contributed by atoms with Crippen molar-refractivity contribution >= 4 is 40.3 Å². The minimum atomic E-state index is -1.11. The summed E-state index contributed by atoms with van der Waals surface area (Å²) in [6.45, 7) is 2.81. The predicted molar refractivity (Wildman–Crippen MR) is 127 cm³/mol. The highest BCUT2D eigenvalue weighted by molar-refractivity contribution is 8.00. The Morgan fingerprint density at radius 1 is 1.24 bits per heavy atom. The number of halogens is 2. The minimum Gasteiger partial charge on any atom is -0.471 e. The van der Waals surface area contributed by atoms with Gasteiger partial charge >= 0.3 is 0 Å². The van der Waals surface area contributed by atoms with E-state index in [1.807, 2.05) is 37.3 Å². The molecule has 4 aromatic rings. The van der Waals surface area contributed by atoms with Gasteiger partial charge in [-0.2, -0.15) is 10.1 Å². The number of nitrogens with one attached hydrogen (secondary N) is 3. The van der Waals surface area contributed by atoms with Crippen LogP contribution in [0.5, 0.6) is 5.88 Å². The fourth-order valence-electron chi connectivity index (χ4n) is 3.57. The first kappa shape index (κ1) is 21.9. The zero-order valence-electron chi connectivity index (χ0n) is 17.7. The molecule has 170 valence electrons. The van der Waals surface area contributed by atoms with Crippen molar-refractivity contribution in [3.05, 3.63) is 53.3 Å². The van der Waals surface area contributed by atoms with Gasteiger partial charge in [0.15, 0.2) is 11.5 Å². The zero-order chi connectivity index (χ0) is 22.8. The van der Waals surface area contributed by atoms with Gasteiger partial charge in [0.25, 0.3) is 0 Å². The van der Waals surface area contributed by atoms with Crippen LogP contribution >= 0.6 is 23.5 Å². The molecule has 3 N–H and O–H groups in total. The number of piperidine rings is 1. The number of aryl methyl sites for hydroxylation is 1. The number of ether oxygens (including phenoxy) is 1. The van der Waals surface area contributed by atoms with E-state index in [0.29, 0.717) is 46.3 Å². The number of hydrogen-bond donors (Lipinski definition) is 3. The van der Waals surface area contributed by atoms with Crippen LogP contribution in [0.15, 0.2) is 47.6 Å². The molecule has 11 heteroatoms. The largest absolute Gasteiger partial charge is 0.471 e. The summed E-state index contributed by atoms with van der Waals surface area (Å²) < 4.78 is 23.6. The van der Waals surface area contributed by atoms with E-state index in [2.05, 4.69) is 35.2 Å². The Bertz CT molecular complexity index is 1270. The molecule has 33 heavy (non-hydrogen) atoms. The molecule has 2 atom stereocenters. The summed E-state index contributed by atoms with van der Waals surface area (Å²) in [4.78, 5) is 13.5. The van der Waals surface area contributed by atoms with E-state index in [-0.39, 0.29) is 6.54 Å². The zero-order valence-corrected chi connectivity index (χ0v) is 19.3.